The van der Waals surface area contributed by atoms with Crippen LogP contribution in [0, 0.1) is 0 Å². The van der Waals surface area contributed by atoms with Crippen molar-refractivity contribution < 1.29 is 23.2 Å². The van der Waals surface area contributed by atoms with Crippen LogP contribution >= 0.6 is 0 Å². The van der Waals surface area contributed by atoms with Crippen LogP contribution in [-0.4, -0.2) is 0 Å². The van der Waals surface area contributed by atoms with E-state index in [4.69, 9.17) is 0 Å². The number of hydrogen-bond acceptors (Lipinski definition) is 0. The molecule has 3 aromatic carbocycles. The van der Waals surface area contributed by atoms with Gasteiger partial charge in [0.15, 0.2) is 0 Å². The number of fused-ring (bicyclic) bond motifs is 3. The first-order valence-electron chi connectivity index (χ1n) is 8.82. The third-order valence-corrected chi connectivity index (χ3v) is 9.25. The molecule has 0 N–H and O–H groups in total. The predicted molar refractivity (Wildman–Crippen MR) is 102 cm³/mol. The molecule has 0 bridgehead atoms. The van der Waals surface area contributed by atoms with Crippen molar-refractivity contribution in [3.05, 3.63) is 108 Å². The van der Waals surface area contributed by atoms with Crippen molar-refractivity contribution >= 4 is 8.84 Å². The molecule has 1 heteroatoms. The fourth-order valence-corrected chi connectivity index (χ4v) is 8.22. The Balaban J connectivity index is 1.60. The van der Waals surface area contributed by atoms with Crippen molar-refractivity contribution in [3.8, 4) is 11.1 Å². The van der Waals surface area contributed by atoms with E-state index in [2.05, 4.69) is 91.0 Å². The molecule has 5 rings (SSSR count). The van der Waals surface area contributed by atoms with Crippen LogP contribution in [0.1, 0.15) is 26.7 Å². The molecule has 0 fully saturated rings. The number of hydrogen-bond donors (Lipinski definition) is 0. The molecule has 2 aliphatic carbocycles. The van der Waals surface area contributed by atoms with Crippen molar-refractivity contribution in [2.24, 2.45) is 0 Å². The quantitative estimate of drug-likeness (QED) is 0.547. The summed E-state index contributed by atoms with van der Waals surface area (Å²) in [4.78, 5) is 0. The van der Waals surface area contributed by atoms with Crippen molar-refractivity contribution in [3.63, 3.8) is 0 Å². The van der Waals surface area contributed by atoms with Crippen LogP contribution in [0.15, 0.2) is 91.0 Å². The molecule has 0 saturated heterocycles. The van der Waals surface area contributed by atoms with E-state index in [9.17, 15) is 0 Å². The van der Waals surface area contributed by atoms with Gasteiger partial charge in [-0.1, -0.05) is 0 Å². The Morgan fingerprint density at radius 2 is 1.28 bits per heavy atom. The molecule has 0 nitrogen and oxygen atoms in total. The third-order valence-electron chi connectivity index (χ3n) is 5.18. The van der Waals surface area contributed by atoms with Gasteiger partial charge in [-0.15, -0.1) is 0 Å². The van der Waals surface area contributed by atoms with Gasteiger partial charge in [-0.3, -0.25) is 0 Å². The molecule has 0 saturated carbocycles. The minimum absolute atomic E-state index is 0.618. The molecular formula is C24H18Zr. The molecule has 2 aliphatic rings. The van der Waals surface area contributed by atoms with Gasteiger partial charge in [0.2, 0.25) is 0 Å². The fraction of sp³-hybridized carbons (Fsp3) is 0.0833. The molecule has 0 amide bonds. The van der Waals surface area contributed by atoms with Crippen LogP contribution in [0.5, 0.6) is 0 Å². The standard InChI is InChI=1S/C13H9.C11H9.Zr/c1-3-7-12-10(5-1)9-11-6-2-4-8-13(11)12;1-2-6-10(7-3-1)11-8-4-5-9-11;/h1-9H;1-6,8H,9H2;. The number of rotatable bonds is 3. The molecular weight excluding hydrogens is 379 g/mol. The van der Waals surface area contributed by atoms with E-state index in [1.807, 2.05) is 0 Å². The second-order valence-electron chi connectivity index (χ2n) is 6.62. The number of allylic oxidation sites excluding steroid dienone is 4. The second-order valence-corrected chi connectivity index (χ2v) is 10.1. The van der Waals surface area contributed by atoms with Gasteiger partial charge in [-0.05, 0) is 0 Å². The Kier molecular flexibility index (Phi) is 3.91. The molecule has 118 valence electrons. The van der Waals surface area contributed by atoms with Crippen LogP contribution < -0.4 is 3.27 Å². The van der Waals surface area contributed by atoms with Gasteiger partial charge in [-0.25, -0.2) is 0 Å². The average Bonchev–Trinajstić information content (AvgIpc) is 3.30. The second kappa shape index (κ2) is 6.39. The van der Waals surface area contributed by atoms with Gasteiger partial charge in [0.1, 0.15) is 0 Å². The van der Waals surface area contributed by atoms with Crippen LogP contribution in [0.25, 0.3) is 16.7 Å². The van der Waals surface area contributed by atoms with Crippen molar-refractivity contribution in [2.75, 3.05) is 0 Å². The average molecular weight is 398 g/mol. The summed E-state index contributed by atoms with van der Waals surface area (Å²) in [6.45, 7) is 0. The van der Waals surface area contributed by atoms with Gasteiger partial charge < -0.3 is 0 Å². The topological polar surface area (TPSA) is 0 Å². The summed E-state index contributed by atoms with van der Waals surface area (Å²) in [7, 11) is 0. The first kappa shape index (κ1) is 15.3. The van der Waals surface area contributed by atoms with E-state index in [0.717, 1.165) is 6.42 Å². The molecule has 25 heavy (non-hydrogen) atoms. The van der Waals surface area contributed by atoms with Crippen LogP contribution in [0.3, 0.4) is 0 Å². The number of benzene rings is 3. The molecule has 0 atom stereocenters. The van der Waals surface area contributed by atoms with Crippen molar-refractivity contribution in [2.45, 2.75) is 10.0 Å². The van der Waals surface area contributed by atoms with E-state index in [1.54, 1.807) is 14.4 Å². The summed E-state index contributed by atoms with van der Waals surface area (Å²) in [5.41, 5.74) is 8.95. The zero-order valence-corrected chi connectivity index (χ0v) is 16.4. The first-order chi connectivity index (χ1) is 12.4. The Bertz CT molecular complexity index is 964. The van der Waals surface area contributed by atoms with Gasteiger partial charge in [-0.2, -0.15) is 0 Å². The summed E-state index contributed by atoms with van der Waals surface area (Å²) in [6, 6.07) is 27.1. The monoisotopic (exact) mass is 396 g/mol. The molecule has 0 unspecified atom stereocenters. The predicted octanol–water partition coefficient (Wildman–Crippen LogP) is 5.51. The molecule has 3 aromatic rings. The zero-order chi connectivity index (χ0) is 16.6. The fourth-order valence-electron chi connectivity index (χ4n) is 4.00. The summed E-state index contributed by atoms with van der Waals surface area (Å²) in [6.07, 6.45) is 7.82. The Labute approximate surface area is 160 Å². The van der Waals surface area contributed by atoms with E-state index >= 15 is 0 Å². The summed E-state index contributed by atoms with van der Waals surface area (Å²) >= 11 is -0.829. The van der Waals surface area contributed by atoms with E-state index < -0.39 is 23.2 Å². The van der Waals surface area contributed by atoms with E-state index in [-0.39, 0.29) is 0 Å². The molecule has 0 aliphatic heterocycles. The van der Waals surface area contributed by atoms with Crippen LogP contribution in [0.4, 0.5) is 0 Å². The van der Waals surface area contributed by atoms with Crippen LogP contribution in [-0.2, 0) is 23.2 Å². The first-order valence-corrected chi connectivity index (χ1v) is 11.5. The van der Waals surface area contributed by atoms with Gasteiger partial charge in [0.25, 0.3) is 0 Å². The zero-order valence-electron chi connectivity index (χ0n) is 13.9. The summed E-state index contributed by atoms with van der Waals surface area (Å²) < 4.78 is 2.24. The van der Waals surface area contributed by atoms with Gasteiger partial charge in [0.05, 0.1) is 0 Å². The van der Waals surface area contributed by atoms with Gasteiger partial charge in [0, 0.05) is 0 Å². The van der Waals surface area contributed by atoms with E-state index in [1.165, 1.54) is 22.3 Å². The Hall–Kier alpha value is -1.98. The molecule has 0 spiro atoms. The normalized spacial score (nSPS) is 15.0. The Morgan fingerprint density at radius 1 is 0.680 bits per heavy atom. The maximum absolute atomic E-state index is 2.38. The van der Waals surface area contributed by atoms with Crippen molar-refractivity contribution in [1.29, 1.82) is 0 Å². The minimum atomic E-state index is -0.829. The maximum atomic E-state index is 2.38. The summed E-state index contributed by atoms with van der Waals surface area (Å²) in [5.74, 6) is 0. The van der Waals surface area contributed by atoms with Crippen molar-refractivity contribution in [1.82, 2.24) is 0 Å². The summed E-state index contributed by atoms with van der Waals surface area (Å²) in [5, 5.41) is 0. The van der Waals surface area contributed by atoms with E-state index in [0.29, 0.717) is 3.63 Å². The molecule has 0 radical (unpaired) electrons. The van der Waals surface area contributed by atoms with Gasteiger partial charge >= 0.3 is 161 Å². The third kappa shape index (κ3) is 2.62. The Morgan fingerprint density at radius 3 is 1.92 bits per heavy atom. The molecule has 0 heterocycles. The van der Waals surface area contributed by atoms with Crippen LogP contribution in [0.2, 0.25) is 0 Å². The SMILES string of the molecule is C1=CCC(c2cccc[c]2[Zr][CH]2c3ccccc3-c3ccccc32)=C1. The molecule has 0 aromatic heterocycles.